The Morgan fingerprint density at radius 2 is 0.877 bits per heavy atom. The van der Waals surface area contributed by atoms with Gasteiger partial charge < -0.3 is 25.8 Å². The van der Waals surface area contributed by atoms with Gasteiger partial charge in [-0.1, -0.05) is 171 Å². The number of rotatable bonds is 11. The van der Waals surface area contributed by atoms with Gasteiger partial charge in [-0.2, -0.15) is 42.3 Å². The van der Waals surface area contributed by atoms with Crippen molar-refractivity contribution in [3.8, 4) is 22.5 Å². The summed E-state index contributed by atoms with van der Waals surface area (Å²) in [6.07, 6.45) is 0. The molecule has 0 N–H and O–H groups in total. The van der Waals surface area contributed by atoms with E-state index in [1.807, 2.05) is 0 Å². The number of imidazole rings is 1. The van der Waals surface area contributed by atoms with Crippen LogP contribution in [0.3, 0.4) is 0 Å². The van der Waals surface area contributed by atoms with Gasteiger partial charge >= 0.3 is 26.2 Å². The van der Waals surface area contributed by atoms with Crippen LogP contribution in [-0.2, 0) is 33.3 Å². The van der Waals surface area contributed by atoms with Gasteiger partial charge in [-0.3, -0.25) is 0 Å². The van der Waals surface area contributed by atoms with Crippen LogP contribution in [0.1, 0.15) is 144 Å². The second kappa shape index (κ2) is 25.9. The number of hydrogen-bond donors (Lipinski definition) is 0. The van der Waals surface area contributed by atoms with E-state index in [2.05, 4.69) is 188 Å². The molecule has 0 saturated heterocycles. The Labute approximate surface area is 367 Å². The molecule has 1 aromatic heterocycles. The number of benzene rings is 4. The van der Waals surface area contributed by atoms with E-state index in [1.54, 1.807) is 42.3 Å². The molecule has 0 radical (unpaired) electrons. The predicted octanol–water partition coefficient (Wildman–Crippen LogP) is 15.0. The molecule has 0 amide bonds. The standard InChI is InChI=1S/C44H54N3.3C2H6N.Zr/c1-27(2)34-25-37(30(7)8)39(38(26-34)31(9)10)42(45-41-35(28(3)4)23-18-24-36(41)29(5)6)44-46-40(32-19-14-12-15-20-32)43(47(44)11)33-21-16-13-17-22-33;3*1-3-2;/h12-31,42H,1-11H3;3*1-2H3;/q4*-1;+4. The molecule has 1 unspecified atom stereocenters. The van der Waals surface area contributed by atoms with E-state index < -0.39 is 0 Å². The fraction of sp³-hybridized carbons (Fsp3) is 0.460. The summed E-state index contributed by atoms with van der Waals surface area (Å²) >= 11 is 0. The van der Waals surface area contributed by atoms with Gasteiger partial charge in [-0.15, -0.1) is 5.69 Å². The van der Waals surface area contributed by atoms with E-state index >= 15 is 0 Å². The molecule has 0 bridgehead atoms. The first-order valence-corrected chi connectivity index (χ1v) is 20.3. The second-order valence-corrected chi connectivity index (χ2v) is 16.0. The number of nitrogens with zero attached hydrogens (tertiary/aromatic N) is 6. The largest absolute Gasteiger partial charge is 4.00 e. The molecule has 0 saturated carbocycles. The van der Waals surface area contributed by atoms with E-state index in [-0.39, 0.29) is 32.2 Å². The minimum absolute atomic E-state index is 0. The predicted molar refractivity (Wildman–Crippen MR) is 248 cm³/mol. The van der Waals surface area contributed by atoms with Gasteiger partial charge in [0.2, 0.25) is 0 Å². The maximum absolute atomic E-state index is 5.92. The summed E-state index contributed by atoms with van der Waals surface area (Å²) in [4.78, 5) is 5.61. The zero-order chi connectivity index (χ0) is 42.1. The Bertz CT molecular complexity index is 1800. The average Bonchev–Trinajstić information content (AvgIpc) is 3.51. The minimum Gasteiger partial charge on any atom is -0.671 e. The van der Waals surface area contributed by atoms with Crippen molar-refractivity contribution in [2.24, 2.45) is 7.05 Å². The van der Waals surface area contributed by atoms with Crippen molar-refractivity contribution < 1.29 is 26.2 Å². The van der Waals surface area contributed by atoms with E-state index in [1.165, 1.54) is 33.4 Å². The van der Waals surface area contributed by atoms with Crippen molar-refractivity contribution in [3.05, 3.63) is 151 Å². The van der Waals surface area contributed by atoms with E-state index in [9.17, 15) is 0 Å². The van der Waals surface area contributed by atoms with Crippen LogP contribution in [0.2, 0.25) is 0 Å². The summed E-state index contributed by atoms with van der Waals surface area (Å²) in [6.45, 7) is 23.1. The van der Waals surface area contributed by atoms with E-state index in [0.29, 0.717) is 29.6 Å². The molecule has 7 heteroatoms. The summed E-state index contributed by atoms with van der Waals surface area (Å²) in [6, 6.07) is 32.7. The third kappa shape index (κ3) is 13.9. The summed E-state index contributed by atoms with van der Waals surface area (Å²) in [5.41, 5.74) is 13.5. The van der Waals surface area contributed by atoms with E-state index in [4.69, 9.17) is 10.3 Å². The van der Waals surface area contributed by atoms with Gasteiger partial charge in [0.1, 0.15) is 0 Å². The quantitative estimate of drug-likeness (QED) is 0.130. The molecular formula is C50H72N6Zr. The van der Waals surface area contributed by atoms with Crippen LogP contribution in [0.15, 0.2) is 91.0 Å². The Morgan fingerprint density at radius 3 is 1.25 bits per heavy atom. The Kier molecular flexibility index (Phi) is 23.5. The molecule has 1 atom stereocenters. The molecule has 5 rings (SSSR count). The van der Waals surface area contributed by atoms with Gasteiger partial charge in [0.05, 0.1) is 17.2 Å². The molecule has 5 aromatic rings. The molecule has 57 heavy (non-hydrogen) atoms. The normalized spacial score (nSPS) is 11.3. The van der Waals surface area contributed by atoms with Crippen molar-refractivity contribution in [1.82, 2.24) is 9.55 Å². The first-order chi connectivity index (χ1) is 26.6. The average molecular weight is 848 g/mol. The van der Waals surface area contributed by atoms with Crippen LogP contribution in [0.5, 0.6) is 0 Å². The Hall–Kier alpha value is -3.35. The monoisotopic (exact) mass is 846 g/mol. The first-order valence-electron chi connectivity index (χ1n) is 20.3. The molecule has 4 aromatic carbocycles. The van der Waals surface area contributed by atoms with Crippen molar-refractivity contribution in [2.45, 2.75) is 105 Å². The summed E-state index contributed by atoms with van der Waals surface area (Å²) in [5.74, 6) is 2.74. The SMILES string of the molecule is CC(C)c1cc(C(C)C)c(C([N-]c2c(C(C)C)cccc2C(C)C)c2nc(-c3ccccc3)c(-c3ccccc3)n2C)c(C(C)C)c1.C[N-]C.C[N-]C.C[N-]C.[Zr+4]. The fourth-order valence-electron chi connectivity index (χ4n) is 6.85. The van der Waals surface area contributed by atoms with Gasteiger partial charge in [0, 0.05) is 18.2 Å². The topological polar surface area (TPSA) is 74.2 Å². The fourth-order valence-corrected chi connectivity index (χ4v) is 6.85. The van der Waals surface area contributed by atoms with Crippen molar-refractivity contribution in [2.75, 3.05) is 42.3 Å². The van der Waals surface area contributed by atoms with Crippen LogP contribution >= 0.6 is 0 Å². The van der Waals surface area contributed by atoms with Gasteiger partial charge in [0.15, 0.2) is 0 Å². The maximum atomic E-state index is 5.92. The third-order valence-corrected chi connectivity index (χ3v) is 9.52. The smallest absolute Gasteiger partial charge is 0.671 e. The van der Waals surface area contributed by atoms with E-state index in [0.717, 1.165) is 34.0 Å². The van der Waals surface area contributed by atoms with Crippen molar-refractivity contribution >= 4 is 5.69 Å². The minimum atomic E-state index is -0.298. The van der Waals surface area contributed by atoms with Crippen molar-refractivity contribution in [1.29, 1.82) is 0 Å². The molecule has 306 valence electrons. The summed E-state index contributed by atoms with van der Waals surface area (Å²) in [7, 11) is 12.7. The molecule has 0 aliphatic rings. The molecule has 0 spiro atoms. The summed E-state index contributed by atoms with van der Waals surface area (Å²) < 4.78 is 2.32. The maximum Gasteiger partial charge on any atom is 4.00 e. The first kappa shape index (κ1) is 51.7. The Balaban J connectivity index is 0.00000149. The van der Waals surface area contributed by atoms with Crippen LogP contribution in [0.4, 0.5) is 5.69 Å². The zero-order valence-electron chi connectivity index (χ0n) is 38.3. The van der Waals surface area contributed by atoms with Crippen LogP contribution in [-0.4, -0.2) is 51.8 Å². The van der Waals surface area contributed by atoms with Crippen LogP contribution < -0.4 is 0 Å². The Morgan fingerprint density at radius 1 is 0.491 bits per heavy atom. The van der Waals surface area contributed by atoms with Gasteiger partial charge in [-0.05, 0) is 57.9 Å². The summed E-state index contributed by atoms with van der Waals surface area (Å²) in [5, 5.41) is 16.4. The van der Waals surface area contributed by atoms with Crippen molar-refractivity contribution in [3.63, 3.8) is 0 Å². The molecule has 0 fully saturated rings. The van der Waals surface area contributed by atoms with Crippen LogP contribution in [0, 0.1) is 0 Å². The molecular weight excluding hydrogens is 776 g/mol. The second-order valence-electron chi connectivity index (χ2n) is 16.0. The molecule has 1 heterocycles. The van der Waals surface area contributed by atoms with Gasteiger partial charge in [-0.25, -0.2) is 4.98 Å². The third-order valence-electron chi connectivity index (χ3n) is 9.52. The number of para-hydroxylation sites is 1. The number of hydrogen-bond acceptors (Lipinski definition) is 1. The molecule has 0 aliphatic heterocycles. The zero-order valence-corrected chi connectivity index (χ0v) is 40.8. The van der Waals surface area contributed by atoms with Crippen LogP contribution in [0.25, 0.3) is 43.8 Å². The molecule has 0 aliphatic carbocycles. The number of aromatic nitrogens is 2. The van der Waals surface area contributed by atoms with Gasteiger partial charge in [0.25, 0.3) is 0 Å². The molecule has 6 nitrogen and oxygen atoms in total.